The van der Waals surface area contributed by atoms with Crippen molar-refractivity contribution in [1.29, 1.82) is 0 Å². The van der Waals surface area contributed by atoms with E-state index in [0.29, 0.717) is 22.9 Å². The molecule has 8 heteroatoms. The van der Waals surface area contributed by atoms with Crippen molar-refractivity contribution in [2.75, 3.05) is 21.3 Å². The Morgan fingerprint density at radius 1 is 1.04 bits per heavy atom. The Bertz CT molecular complexity index is 1010. The highest BCUT2D eigenvalue weighted by atomic mass is 16.5. The molecule has 0 atom stereocenters. The fourth-order valence-electron chi connectivity index (χ4n) is 2.81. The second-order valence-corrected chi connectivity index (χ2v) is 5.76. The molecule has 1 heterocycles. The molecular formula is C19H20N4O4. The Morgan fingerprint density at radius 3 is 2.26 bits per heavy atom. The summed E-state index contributed by atoms with van der Waals surface area (Å²) in [5.74, 6) is 0.877. The Labute approximate surface area is 155 Å². The molecule has 0 aliphatic rings. The normalized spacial score (nSPS) is 11.4. The van der Waals surface area contributed by atoms with E-state index in [1.807, 2.05) is 30.3 Å². The summed E-state index contributed by atoms with van der Waals surface area (Å²) in [6, 6.07) is 9.17. The van der Waals surface area contributed by atoms with Crippen LogP contribution >= 0.6 is 0 Å². The maximum absolute atomic E-state index is 11.2. The van der Waals surface area contributed by atoms with E-state index in [-0.39, 0.29) is 5.70 Å². The number of fused-ring (bicyclic) bond motifs is 1. The third kappa shape index (κ3) is 3.37. The number of aromatic nitrogens is 2. The SMILES string of the molecule is COc1cc(-c2n[nH]c3ccc(/C=C(\N)C(N)=O)cc23)cc(OC)c1OC. The van der Waals surface area contributed by atoms with Crippen molar-refractivity contribution in [2.24, 2.45) is 11.5 Å². The van der Waals surface area contributed by atoms with Crippen LogP contribution in [0.4, 0.5) is 0 Å². The third-order valence-corrected chi connectivity index (χ3v) is 4.13. The van der Waals surface area contributed by atoms with Crippen molar-refractivity contribution in [3.05, 3.63) is 41.6 Å². The summed E-state index contributed by atoms with van der Waals surface area (Å²) in [4.78, 5) is 11.2. The first kappa shape index (κ1) is 18.1. The highest BCUT2D eigenvalue weighted by molar-refractivity contribution is 5.98. The molecule has 3 rings (SSSR count). The lowest BCUT2D eigenvalue weighted by atomic mass is 10.0. The lowest BCUT2D eigenvalue weighted by Crippen LogP contribution is -2.19. The van der Waals surface area contributed by atoms with E-state index in [9.17, 15) is 4.79 Å². The standard InChI is InChI=1S/C19H20N4O4/c1-25-15-8-11(9-16(26-2)18(15)27-3)17-12-6-10(7-13(20)19(21)24)4-5-14(12)22-23-17/h4-9H,20H2,1-3H3,(H2,21,24)(H,22,23)/b13-7-. The molecule has 0 radical (unpaired) electrons. The van der Waals surface area contributed by atoms with Gasteiger partial charge >= 0.3 is 0 Å². The fraction of sp³-hybridized carbons (Fsp3) is 0.158. The minimum absolute atomic E-state index is 0.0211. The maximum Gasteiger partial charge on any atom is 0.264 e. The van der Waals surface area contributed by atoms with Crippen molar-refractivity contribution in [1.82, 2.24) is 10.2 Å². The van der Waals surface area contributed by atoms with Gasteiger partial charge in [-0.2, -0.15) is 5.10 Å². The lowest BCUT2D eigenvalue weighted by Gasteiger charge is -2.13. The van der Waals surface area contributed by atoms with E-state index in [0.717, 1.165) is 22.0 Å². The van der Waals surface area contributed by atoms with Crippen molar-refractivity contribution in [3.63, 3.8) is 0 Å². The molecule has 27 heavy (non-hydrogen) atoms. The maximum atomic E-state index is 11.2. The molecule has 0 unspecified atom stereocenters. The van der Waals surface area contributed by atoms with Crippen LogP contribution in [0.3, 0.4) is 0 Å². The van der Waals surface area contributed by atoms with Crippen LogP contribution in [-0.4, -0.2) is 37.4 Å². The van der Waals surface area contributed by atoms with Gasteiger partial charge in [-0.3, -0.25) is 9.89 Å². The summed E-state index contributed by atoms with van der Waals surface area (Å²) in [6.45, 7) is 0. The van der Waals surface area contributed by atoms with Crippen LogP contribution in [0, 0.1) is 0 Å². The van der Waals surface area contributed by atoms with E-state index < -0.39 is 5.91 Å². The van der Waals surface area contributed by atoms with Gasteiger partial charge < -0.3 is 25.7 Å². The van der Waals surface area contributed by atoms with Gasteiger partial charge in [0.1, 0.15) is 5.69 Å². The molecule has 0 aliphatic heterocycles. The molecular weight excluding hydrogens is 348 g/mol. The zero-order chi connectivity index (χ0) is 19.6. The van der Waals surface area contributed by atoms with Crippen LogP contribution in [-0.2, 0) is 4.79 Å². The molecule has 2 aromatic carbocycles. The summed E-state index contributed by atoms with van der Waals surface area (Å²) in [7, 11) is 4.66. The molecule has 8 nitrogen and oxygen atoms in total. The van der Waals surface area contributed by atoms with Gasteiger partial charge in [0.15, 0.2) is 11.5 Å². The number of methoxy groups -OCH3 is 3. The molecule has 5 N–H and O–H groups in total. The smallest absolute Gasteiger partial charge is 0.264 e. The first-order chi connectivity index (χ1) is 13.0. The first-order valence-corrected chi connectivity index (χ1v) is 8.04. The number of nitrogens with zero attached hydrogens (tertiary/aromatic N) is 1. The molecule has 0 saturated carbocycles. The van der Waals surface area contributed by atoms with Crippen LogP contribution in [0.15, 0.2) is 36.0 Å². The van der Waals surface area contributed by atoms with E-state index in [4.69, 9.17) is 25.7 Å². The minimum atomic E-state index is -0.674. The number of aromatic amines is 1. The van der Waals surface area contributed by atoms with Gasteiger partial charge in [0.25, 0.3) is 5.91 Å². The highest BCUT2D eigenvalue weighted by Gasteiger charge is 2.17. The first-order valence-electron chi connectivity index (χ1n) is 8.04. The topological polar surface area (TPSA) is 125 Å². The van der Waals surface area contributed by atoms with E-state index in [1.165, 1.54) is 6.08 Å². The molecule has 0 aliphatic carbocycles. The van der Waals surface area contributed by atoms with Crippen molar-refractivity contribution in [3.8, 4) is 28.5 Å². The van der Waals surface area contributed by atoms with Gasteiger partial charge in [0.05, 0.1) is 32.5 Å². The molecule has 0 fully saturated rings. The second-order valence-electron chi connectivity index (χ2n) is 5.76. The third-order valence-electron chi connectivity index (χ3n) is 4.13. The number of carbonyl (C=O) groups is 1. The Morgan fingerprint density at radius 2 is 1.70 bits per heavy atom. The average molecular weight is 368 g/mol. The van der Waals surface area contributed by atoms with Crippen LogP contribution in [0.1, 0.15) is 5.56 Å². The number of amides is 1. The molecule has 0 saturated heterocycles. The minimum Gasteiger partial charge on any atom is -0.493 e. The summed E-state index contributed by atoms with van der Waals surface area (Å²) < 4.78 is 16.2. The number of primary amides is 1. The second kappa shape index (κ2) is 7.28. The fourth-order valence-corrected chi connectivity index (χ4v) is 2.81. The number of H-pyrrole nitrogens is 1. The van der Waals surface area contributed by atoms with E-state index in [1.54, 1.807) is 21.3 Å². The summed E-state index contributed by atoms with van der Waals surface area (Å²) in [5, 5.41) is 8.24. The van der Waals surface area contributed by atoms with Gasteiger partial charge in [-0.1, -0.05) is 6.07 Å². The molecule has 140 valence electrons. The number of ether oxygens (including phenoxy) is 3. The zero-order valence-electron chi connectivity index (χ0n) is 15.2. The Kier molecular flexibility index (Phi) is 4.89. The number of hydrogen-bond acceptors (Lipinski definition) is 6. The molecule has 3 aromatic rings. The van der Waals surface area contributed by atoms with Gasteiger partial charge in [-0.15, -0.1) is 0 Å². The quantitative estimate of drug-likeness (QED) is 0.572. The lowest BCUT2D eigenvalue weighted by molar-refractivity contribution is -0.114. The monoisotopic (exact) mass is 368 g/mol. The van der Waals surface area contributed by atoms with Crippen molar-refractivity contribution in [2.45, 2.75) is 0 Å². The molecule has 1 amide bonds. The predicted molar refractivity (Wildman–Crippen MR) is 103 cm³/mol. The number of nitrogens with one attached hydrogen (secondary N) is 1. The predicted octanol–water partition coefficient (Wildman–Crippen LogP) is 2.04. The molecule has 0 spiro atoms. The van der Waals surface area contributed by atoms with Gasteiger partial charge in [0.2, 0.25) is 5.75 Å². The summed E-state index contributed by atoms with van der Waals surface area (Å²) in [6.07, 6.45) is 1.52. The van der Waals surface area contributed by atoms with Crippen LogP contribution in [0.5, 0.6) is 17.2 Å². The highest BCUT2D eigenvalue weighted by Crippen LogP contribution is 2.42. The van der Waals surface area contributed by atoms with Crippen LogP contribution < -0.4 is 25.7 Å². The molecule has 1 aromatic heterocycles. The average Bonchev–Trinajstić information content (AvgIpc) is 3.09. The van der Waals surface area contributed by atoms with Gasteiger partial charge in [-0.05, 0) is 35.9 Å². The van der Waals surface area contributed by atoms with Crippen molar-refractivity contribution >= 4 is 22.9 Å². The van der Waals surface area contributed by atoms with Crippen LogP contribution in [0.2, 0.25) is 0 Å². The van der Waals surface area contributed by atoms with E-state index >= 15 is 0 Å². The van der Waals surface area contributed by atoms with Gasteiger partial charge in [0, 0.05) is 10.9 Å². The summed E-state index contributed by atoms with van der Waals surface area (Å²) >= 11 is 0. The Hall–Kier alpha value is -3.68. The molecule has 0 bridgehead atoms. The number of rotatable bonds is 6. The van der Waals surface area contributed by atoms with Crippen LogP contribution in [0.25, 0.3) is 28.2 Å². The van der Waals surface area contributed by atoms with E-state index in [2.05, 4.69) is 10.2 Å². The number of benzene rings is 2. The number of nitrogens with two attached hydrogens (primary N) is 2. The Balaban J connectivity index is 2.17. The zero-order valence-corrected chi connectivity index (χ0v) is 15.2. The van der Waals surface area contributed by atoms with Gasteiger partial charge in [-0.25, -0.2) is 0 Å². The summed E-state index contributed by atoms with van der Waals surface area (Å²) in [5.41, 5.74) is 13.8. The largest absolute Gasteiger partial charge is 0.493 e. The number of carbonyl (C=O) groups excluding carboxylic acids is 1. The van der Waals surface area contributed by atoms with Crippen molar-refractivity contribution < 1.29 is 19.0 Å². The number of hydrogen-bond donors (Lipinski definition) is 3.